The molecule has 2 aliphatic rings. The topological polar surface area (TPSA) is 90.5 Å². The average molecular weight is 565 g/mol. The maximum Gasteiger partial charge on any atom is 0.146 e. The zero-order valence-corrected chi connectivity index (χ0v) is 24.6. The lowest BCUT2D eigenvalue weighted by atomic mass is 10.0. The number of aromatic nitrogens is 4. The van der Waals surface area contributed by atoms with Gasteiger partial charge in [-0.15, -0.1) is 0 Å². The van der Waals surface area contributed by atoms with Crippen molar-refractivity contribution in [1.29, 1.82) is 0 Å². The van der Waals surface area contributed by atoms with Crippen LogP contribution in [0.4, 0.5) is 5.82 Å². The molecule has 216 valence electrons. The van der Waals surface area contributed by atoms with Gasteiger partial charge in [0.1, 0.15) is 40.7 Å². The van der Waals surface area contributed by atoms with E-state index >= 15 is 0 Å². The molecule has 4 heterocycles. The second kappa shape index (κ2) is 10.8. The average Bonchev–Trinajstić information content (AvgIpc) is 3.73. The first-order valence-electron chi connectivity index (χ1n) is 14.6. The van der Waals surface area contributed by atoms with Gasteiger partial charge in [0.2, 0.25) is 0 Å². The van der Waals surface area contributed by atoms with Crippen LogP contribution >= 0.6 is 0 Å². The fourth-order valence-electron chi connectivity index (χ4n) is 6.16. The predicted molar refractivity (Wildman–Crippen MR) is 162 cm³/mol. The Kier molecular flexibility index (Phi) is 6.82. The molecule has 9 nitrogen and oxygen atoms in total. The number of ether oxygens (including phenoxy) is 2. The molecule has 3 aromatic heterocycles. The molecular weight excluding hydrogens is 528 g/mol. The number of anilines is 1. The monoisotopic (exact) mass is 564 g/mol. The summed E-state index contributed by atoms with van der Waals surface area (Å²) in [6, 6.07) is 16.7. The molecule has 0 atom stereocenters. The van der Waals surface area contributed by atoms with Crippen LogP contribution in [0.2, 0.25) is 0 Å². The molecule has 0 bridgehead atoms. The molecule has 0 amide bonds. The minimum Gasteiger partial charge on any atom is -0.497 e. The molecule has 0 saturated heterocycles. The Morgan fingerprint density at radius 3 is 2.14 bits per heavy atom. The molecule has 1 fully saturated rings. The smallest absolute Gasteiger partial charge is 0.146 e. The number of hydrogen-bond acceptors (Lipinski definition) is 8. The summed E-state index contributed by atoms with van der Waals surface area (Å²) in [4.78, 5) is 12.2. The van der Waals surface area contributed by atoms with E-state index < -0.39 is 0 Å². The number of rotatable bonds is 9. The molecule has 5 aromatic rings. The summed E-state index contributed by atoms with van der Waals surface area (Å²) in [5, 5.41) is 9.40. The highest BCUT2D eigenvalue weighted by Gasteiger charge is 2.36. The van der Waals surface area contributed by atoms with Gasteiger partial charge in [0, 0.05) is 55.0 Å². The molecule has 1 aliphatic carbocycles. The Morgan fingerprint density at radius 1 is 0.929 bits per heavy atom. The number of nitrogens with zero attached hydrogens (tertiary/aromatic N) is 5. The molecule has 42 heavy (non-hydrogen) atoms. The lowest BCUT2D eigenvalue weighted by Gasteiger charge is -2.25. The first-order valence-corrected chi connectivity index (χ1v) is 14.6. The van der Waals surface area contributed by atoms with E-state index in [0.29, 0.717) is 19.0 Å². The Labute approximate surface area is 245 Å². The molecule has 9 heteroatoms. The summed E-state index contributed by atoms with van der Waals surface area (Å²) in [7, 11) is 3.38. The second-order valence-corrected chi connectivity index (χ2v) is 11.5. The van der Waals surface area contributed by atoms with Gasteiger partial charge < -0.3 is 28.8 Å². The molecule has 1 saturated carbocycles. The molecule has 0 spiro atoms. The Bertz CT molecular complexity index is 1670. The third kappa shape index (κ3) is 4.67. The highest BCUT2D eigenvalue weighted by atomic mass is 16.5. The van der Waals surface area contributed by atoms with Gasteiger partial charge in [-0.3, -0.25) is 0 Å². The fraction of sp³-hybridized carbons (Fsp3) is 0.364. The van der Waals surface area contributed by atoms with E-state index in [4.69, 9.17) is 29.1 Å². The van der Waals surface area contributed by atoms with Crippen LogP contribution in [0.5, 0.6) is 11.5 Å². The molecule has 1 aliphatic heterocycles. The summed E-state index contributed by atoms with van der Waals surface area (Å²) >= 11 is 0. The minimum atomic E-state index is 0.203. The highest BCUT2D eigenvalue weighted by Crippen LogP contribution is 2.48. The van der Waals surface area contributed by atoms with Gasteiger partial charge in [-0.05, 0) is 62.1 Å². The predicted octanol–water partition coefficient (Wildman–Crippen LogP) is 6.37. The Morgan fingerprint density at radius 2 is 1.57 bits per heavy atom. The maximum atomic E-state index is 6.03. The third-order valence-electron chi connectivity index (χ3n) is 8.34. The Hall–Kier alpha value is -4.37. The molecule has 0 unspecified atom stereocenters. The number of methoxy groups -OCH3 is 2. The van der Waals surface area contributed by atoms with Crippen molar-refractivity contribution in [3.05, 3.63) is 83.0 Å². The summed E-state index contributed by atoms with van der Waals surface area (Å²) in [5.74, 6) is 4.05. The zero-order chi connectivity index (χ0) is 28.8. The van der Waals surface area contributed by atoms with Crippen molar-refractivity contribution in [3.63, 3.8) is 0 Å². The van der Waals surface area contributed by atoms with Crippen LogP contribution in [-0.4, -0.2) is 33.9 Å². The number of fused-ring (bicyclic) bond motifs is 5. The van der Waals surface area contributed by atoms with E-state index in [2.05, 4.69) is 52.9 Å². The van der Waals surface area contributed by atoms with E-state index in [1.165, 1.54) is 11.3 Å². The van der Waals surface area contributed by atoms with Crippen LogP contribution in [0.25, 0.3) is 22.3 Å². The number of nitrogens with one attached hydrogen (secondary N) is 1. The van der Waals surface area contributed by atoms with Gasteiger partial charge in [0.25, 0.3) is 0 Å². The summed E-state index contributed by atoms with van der Waals surface area (Å²) < 4.78 is 19.2. The minimum absolute atomic E-state index is 0.203. The van der Waals surface area contributed by atoms with Gasteiger partial charge in [0.15, 0.2) is 0 Å². The quantitative estimate of drug-likeness (QED) is 0.221. The van der Waals surface area contributed by atoms with Crippen molar-refractivity contribution in [2.24, 2.45) is 0 Å². The normalized spacial score (nSPS) is 14.5. The van der Waals surface area contributed by atoms with Gasteiger partial charge in [-0.25, -0.2) is 9.97 Å². The largest absolute Gasteiger partial charge is 0.497 e. The lowest BCUT2D eigenvalue weighted by molar-refractivity contribution is 0.383. The van der Waals surface area contributed by atoms with Crippen LogP contribution in [0.3, 0.4) is 0 Å². The van der Waals surface area contributed by atoms with Crippen molar-refractivity contribution >= 4 is 16.9 Å². The number of benzene rings is 2. The molecule has 1 N–H and O–H groups in total. The van der Waals surface area contributed by atoms with Gasteiger partial charge in [-0.1, -0.05) is 29.4 Å². The van der Waals surface area contributed by atoms with E-state index in [1.807, 2.05) is 24.3 Å². The Balaban J connectivity index is 1.42. The van der Waals surface area contributed by atoms with Crippen LogP contribution in [-0.2, 0) is 26.2 Å². The second-order valence-electron chi connectivity index (χ2n) is 11.5. The molecule has 2 aromatic carbocycles. The van der Waals surface area contributed by atoms with E-state index in [9.17, 15) is 0 Å². The van der Waals surface area contributed by atoms with Crippen LogP contribution < -0.4 is 19.7 Å². The van der Waals surface area contributed by atoms with Crippen LogP contribution in [0.15, 0.2) is 59.4 Å². The van der Waals surface area contributed by atoms with E-state index in [1.54, 1.807) is 20.5 Å². The van der Waals surface area contributed by atoms with Crippen molar-refractivity contribution in [1.82, 2.24) is 25.0 Å². The lowest BCUT2D eigenvalue weighted by Crippen LogP contribution is -2.23. The SMILES string of the molecule is COc1ccc(CN(Cc2ccc(OC)cc2)c2ncnc3c2c2c(n3C(C)C)CNCc3c-2noc3C2CC2)cc1. The van der Waals surface area contributed by atoms with Crippen molar-refractivity contribution in [2.45, 2.75) is 64.8 Å². The van der Waals surface area contributed by atoms with Crippen molar-refractivity contribution in [2.75, 3.05) is 19.1 Å². The van der Waals surface area contributed by atoms with Crippen LogP contribution in [0, 0.1) is 0 Å². The molecular formula is C33H36N6O3. The van der Waals surface area contributed by atoms with Gasteiger partial charge in [0.05, 0.1) is 19.6 Å². The van der Waals surface area contributed by atoms with Crippen molar-refractivity contribution < 1.29 is 14.0 Å². The third-order valence-corrected chi connectivity index (χ3v) is 8.34. The summed E-state index contributed by atoms with van der Waals surface area (Å²) in [6.07, 6.45) is 4.01. The van der Waals surface area contributed by atoms with E-state index in [-0.39, 0.29) is 6.04 Å². The first-order chi connectivity index (χ1) is 20.6. The maximum absolute atomic E-state index is 6.03. The highest BCUT2D eigenvalue weighted by molar-refractivity contribution is 6.03. The first kappa shape index (κ1) is 26.5. The molecule has 0 radical (unpaired) electrons. The number of hydrogen-bond donors (Lipinski definition) is 1. The summed E-state index contributed by atoms with van der Waals surface area (Å²) in [5.41, 5.74) is 7.58. The zero-order valence-electron chi connectivity index (χ0n) is 24.6. The fourth-order valence-corrected chi connectivity index (χ4v) is 6.16. The molecule has 7 rings (SSSR count). The van der Waals surface area contributed by atoms with Gasteiger partial charge >= 0.3 is 0 Å². The summed E-state index contributed by atoms with van der Waals surface area (Å²) in [6.45, 7) is 7.18. The van der Waals surface area contributed by atoms with E-state index in [0.717, 1.165) is 82.4 Å². The standard InChI is InChI=1S/C33H36N6O3/c1-20(2)39-27-16-34-15-26-30(37-42-31(26)23-9-10-23)28(27)29-32(35-19-36-33(29)39)38(17-21-5-11-24(40-3)12-6-21)18-22-7-13-25(41-4)14-8-22/h5-8,11-14,19-20,23,34H,9-10,15-18H2,1-4H3. The van der Waals surface area contributed by atoms with Crippen LogP contribution in [0.1, 0.15) is 66.8 Å². The van der Waals surface area contributed by atoms with Gasteiger partial charge in [-0.2, -0.15) is 0 Å². The van der Waals surface area contributed by atoms with Crippen molar-refractivity contribution in [3.8, 4) is 22.8 Å².